The van der Waals surface area contributed by atoms with E-state index in [4.69, 9.17) is 0 Å². The Hall–Kier alpha value is -2.86. The summed E-state index contributed by atoms with van der Waals surface area (Å²) in [5.41, 5.74) is 6.26. The molecule has 0 amide bonds. The van der Waals surface area contributed by atoms with Crippen molar-refractivity contribution in [1.82, 2.24) is 0 Å². The minimum absolute atomic E-state index is 1.09. The Morgan fingerprint density at radius 3 is 1.29 bits per heavy atom. The predicted molar refractivity (Wildman–Crippen MR) is 107 cm³/mol. The monoisotopic (exact) mass is 310 g/mol. The number of benzene rings is 3. The van der Waals surface area contributed by atoms with E-state index in [1.165, 1.54) is 27.8 Å². The van der Waals surface area contributed by atoms with Crippen LogP contribution in [0, 0.1) is 0 Å². The van der Waals surface area contributed by atoms with Crippen molar-refractivity contribution < 1.29 is 0 Å². The van der Waals surface area contributed by atoms with Gasteiger partial charge in [0.2, 0.25) is 0 Å². The number of aryl methyl sites for hydroxylation is 1. The Morgan fingerprint density at radius 1 is 0.500 bits per heavy atom. The van der Waals surface area contributed by atoms with Gasteiger partial charge in [-0.1, -0.05) is 110 Å². The first-order chi connectivity index (χ1) is 11.8. The Balaban J connectivity index is 1.65. The summed E-state index contributed by atoms with van der Waals surface area (Å²) in [6.07, 6.45) is 9.69. The maximum Gasteiger partial charge on any atom is -0.0256 e. The Morgan fingerprint density at radius 2 is 0.875 bits per heavy atom. The lowest BCUT2D eigenvalue weighted by Gasteiger charge is -1.99. The molecule has 24 heavy (non-hydrogen) atoms. The third-order valence-corrected chi connectivity index (χ3v) is 4.06. The van der Waals surface area contributed by atoms with E-state index in [1.54, 1.807) is 0 Å². The number of rotatable bonds is 5. The summed E-state index contributed by atoms with van der Waals surface area (Å²) in [5.74, 6) is 0. The average molecular weight is 310 g/mol. The van der Waals surface area contributed by atoms with Gasteiger partial charge in [0.25, 0.3) is 0 Å². The molecule has 0 N–H and O–H groups in total. The molecule has 0 heterocycles. The van der Waals surface area contributed by atoms with Gasteiger partial charge in [-0.25, -0.2) is 0 Å². The fourth-order valence-electron chi connectivity index (χ4n) is 2.53. The largest absolute Gasteiger partial charge is 0.0622 e. The zero-order chi connectivity index (χ0) is 16.6. The molecule has 3 rings (SSSR count). The predicted octanol–water partition coefficient (Wildman–Crippen LogP) is 6.59. The number of hydrogen-bond acceptors (Lipinski definition) is 0. The standard InChI is InChI=1S/C24H22/c1-2-20-8-10-22(11-9-20)14-15-24-18-16-23(17-19-24)13-12-21-6-4-3-5-7-21/h3-19H,2H2,1H3/b13-12+,15-14-. The fraction of sp³-hybridized carbons (Fsp3) is 0.0833. The minimum Gasteiger partial charge on any atom is -0.0622 e. The van der Waals surface area contributed by atoms with E-state index in [2.05, 4.69) is 104 Å². The molecule has 0 radical (unpaired) electrons. The van der Waals surface area contributed by atoms with Crippen LogP contribution in [-0.2, 0) is 6.42 Å². The van der Waals surface area contributed by atoms with Crippen LogP contribution in [0.5, 0.6) is 0 Å². The second-order valence-corrected chi connectivity index (χ2v) is 5.84. The molecule has 0 atom stereocenters. The molecule has 0 nitrogen and oxygen atoms in total. The van der Waals surface area contributed by atoms with Crippen LogP contribution < -0.4 is 0 Å². The van der Waals surface area contributed by atoms with E-state index in [1.807, 2.05) is 6.07 Å². The van der Waals surface area contributed by atoms with Crippen LogP contribution in [0.15, 0.2) is 78.9 Å². The molecule has 118 valence electrons. The van der Waals surface area contributed by atoms with Gasteiger partial charge in [0.15, 0.2) is 0 Å². The highest BCUT2D eigenvalue weighted by Crippen LogP contribution is 2.13. The SMILES string of the molecule is CCc1ccc(/C=C\c2ccc(/C=C/c3ccccc3)cc2)cc1. The van der Waals surface area contributed by atoms with Gasteiger partial charge >= 0.3 is 0 Å². The topological polar surface area (TPSA) is 0 Å². The molecule has 0 heteroatoms. The molecule has 0 saturated carbocycles. The van der Waals surface area contributed by atoms with Gasteiger partial charge in [-0.3, -0.25) is 0 Å². The molecule has 0 aromatic heterocycles. The van der Waals surface area contributed by atoms with Gasteiger partial charge in [0.05, 0.1) is 0 Å². The summed E-state index contributed by atoms with van der Waals surface area (Å²) in [5, 5.41) is 0. The first-order valence-corrected chi connectivity index (χ1v) is 8.44. The van der Waals surface area contributed by atoms with E-state index < -0.39 is 0 Å². The summed E-state index contributed by atoms with van der Waals surface area (Å²) < 4.78 is 0. The van der Waals surface area contributed by atoms with Gasteiger partial charge < -0.3 is 0 Å². The summed E-state index contributed by atoms with van der Waals surface area (Å²) in [6, 6.07) is 27.7. The Labute approximate surface area is 144 Å². The molecule has 3 aromatic rings. The zero-order valence-electron chi connectivity index (χ0n) is 14.0. The minimum atomic E-state index is 1.09. The smallest absolute Gasteiger partial charge is 0.0256 e. The molecule has 0 bridgehead atoms. The Kier molecular flexibility index (Phi) is 5.42. The molecule has 0 aliphatic carbocycles. The van der Waals surface area contributed by atoms with Crippen molar-refractivity contribution in [2.75, 3.05) is 0 Å². The lowest BCUT2D eigenvalue weighted by molar-refractivity contribution is 1.14. The van der Waals surface area contributed by atoms with Crippen molar-refractivity contribution >= 4 is 24.3 Å². The van der Waals surface area contributed by atoms with E-state index in [-0.39, 0.29) is 0 Å². The highest BCUT2D eigenvalue weighted by molar-refractivity contribution is 5.73. The van der Waals surface area contributed by atoms with Crippen LogP contribution in [0.4, 0.5) is 0 Å². The van der Waals surface area contributed by atoms with E-state index in [9.17, 15) is 0 Å². The summed E-state index contributed by atoms with van der Waals surface area (Å²) in [6.45, 7) is 2.18. The summed E-state index contributed by atoms with van der Waals surface area (Å²) >= 11 is 0. The van der Waals surface area contributed by atoms with Crippen LogP contribution in [0.1, 0.15) is 34.7 Å². The second-order valence-electron chi connectivity index (χ2n) is 5.84. The van der Waals surface area contributed by atoms with Crippen molar-refractivity contribution in [2.24, 2.45) is 0 Å². The molecule has 3 aromatic carbocycles. The van der Waals surface area contributed by atoms with Gasteiger partial charge in [0.1, 0.15) is 0 Å². The van der Waals surface area contributed by atoms with Gasteiger partial charge in [-0.2, -0.15) is 0 Å². The third kappa shape index (κ3) is 4.57. The van der Waals surface area contributed by atoms with Crippen molar-refractivity contribution in [3.8, 4) is 0 Å². The fourth-order valence-corrected chi connectivity index (χ4v) is 2.53. The average Bonchev–Trinajstić information content (AvgIpc) is 2.67. The maximum absolute atomic E-state index is 2.19. The zero-order valence-corrected chi connectivity index (χ0v) is 14.0. The first kappa shape index (κ1) is 16.0. The molecule has 0 spiro atoms. The van der Waals surface area contributed by atoms with Gasteiger partial charge in [-0.15, -0.1) is 0 Å². The lowest BCUT2D eigenvalue weighted by Crippen LogP contribution is -1.79. The van der Waals surface area contributed by atoms with Crippen LogP contribution in [-0.4, -0.2) is 0 Å². The van der Waals surface area contributed by atoms with Crippen molar-refractivity contribution in [3.05, 3.63) is 107 Å². The van der Waals surface area contributed by atoms with E-state index in [0.717, 1.165) is 6.42 Å². The maximum atomic E-state index is 2.19. The van der Waals surface area contributed by atoms with E-state index in [0.29, 0.717) is 0 Å². The molecule has 0 aliphatic rings. The number of hydrogen-bond donors (Lipinski definition) is 0. The quantitative estimate of drug-likeness (QED) is 0.466. The molecule has 0 fully saturated rings. The van der Waals surface area contributed by atoms with Gasteiger partial charge in [-0.05, 0) is 34.2 Å². The normalized spacial score (nSPS) is 11.4. The third-order valence-electron chi connectivity index (χ3n) is 4.06. The van der Waals surface area contributed by atoms with Crippen molar-refractivity contribution in [3.63, 3.8) is 0 Å². The van der Waals surface area contributed by atoms with Crippen molar-refractivity contribution in [2.45, 2.75) is 13.3 Å². The first-order valence-electron chi connectivity index (χ1n) is 8.44. The highest BCUT2D eigenvalue weighted by Gasteiger charge is 1.92. The Bertz CT molecular complexity index is 804. The molecular weight excluding hydrogens is 288 g/mol. The van der Waals surface area contributed by atoms with Crippen LogP contribution in [0.3, 0.4) is 0 Å². The molecule has 0 unspecified atom stereocenters. The van der Waals surface area contributed by atoms with Gasteiger partial charge in [0, 0.05) is 0 Å². The highest BCUT2D eigenvalue weighted by atomic mass is 14.0. The van der Waals surface area contributed by atoms with E-state index >= 15 is 0 Å². The summed E-state index contributed by atoms with van der Waals surface area (Å²) in [7, 11) is 0. The van der Waals surface area contributed by atoms with Crippen LogP contribution in [0.2, 0.25) is 0 Å². The molecule has 0 saturated heterocycles. The van der Waals surface area contributed by atoms with Crippen molar-refractivity contribution in [1.29, 1.82) is 0 Å². The van der Waals surface area contributed by atoms with Crippen LogP contribution in [0.25, 0.3) is 24.3 Å². The van der Waals surface area contributed by atoms with Crippen LogP contribution >= 0.6 is 0 Å². The molecular formula is C24H22. The summed E-state index contributed by atoms with van der Waals surface area (Å²) in [4.78, 5) is 0. The second kappa shape index (κ2) is 8.12. The molecule has 0 aliphatic heterocycles. The lowest BCUT2D eigenvalue weighted by atomic mass is 10.1.